The fraction of sp³-hybridized carbons (Fsp3) is 0.182. The van der Waals surface area contributed by atoms with Crippen LogP contribution in [0.5, 0.6) is 0 Å². The lowest BCUT2D eigenvalue weighted by atomic mass is 10.1. The molecule has 0 saturated carbocycles. The minimum atomic E-state index is -0.651. The number of nitrogens with zero attached hydrogens (tertiary/aromatic N) is 2. The van der Waals surface area contributed by atoms with Crippen LogP contribution in [0, 0.1) is 12.7 Å². The van der Waals surface area contributed by atoms with Crippen molar-refractivity contribution >= 4 is 5.97 Å². The highest BCUT2D eigenvalue weighted by Crippen LogP contribution is 2.24. The summed E-state index contributed by atoms with van der Waals surface area (Å²) < 4.78 is 23.0. The van der Waals surface area contributed by atoms with Crippen LogP contribution in [0.2, 0.25) is 0 Å². The number of hydrogen-bond acceptors (Lipinski definition) is 5. The molecule has 0 saturated heterocycles. The van der Waals surface area contributed by atoms with Gasteiger partial charge in [0.2, 0.25) is 11.7 Å². The molecule has 88 valence electrons. The van der Waals surface area contributed by atoms with Crippen LogP contribution >= 0.6 is 0 Å². The van der Waals surface area contributed by atoms with Crippen LogP contribution in [0.25, 0.3) is 11.4 Å². The molecule has 1 aromatic heterocycles. The van der Waals surface area contributed by atoms with Gasteiger partial charge in [-0.2, -0.15) is 4.98 Å². The molecule has 0 atom stereocenters. The second-order valence-corrected chi connectivity index (χ2v) is 3.29. The summed E-state index contributed by atoms with van der Waals surface area (Å²) in [5.74, 6) is -0.935. The first-order chi connectivity index (χ1) is 8.13. The van der Waals surface area contributed by atoms with E-state index < -0.39 is 11.8 Å². The standard InChI is InChI=1S/C11H9FN2O3/c1-6-13-10(14-17-6)9-7(11(15)16-2)4-3-5-8(9)12/h3-5H,1-2H3. The third-order valence-electron chi connectivity index (χ3n) is 2.17. The van der Waals surface area contributed by atoms with Gasteiger partial charge in [-0.1, -0.05) is 11.2 Å². The van der Waals surface area contributed by atoms with Crippen molar-refractivity contribution in [3.63, 3.8) is 0 Å². The van der Waals surface area contributed by atoms with E-state index in [1.165, 1.54) is 25.3 Å². The van der Waals surface area contributed by atoms with Gasteiger partial charge in [-0.15, -0.1) is 0 Å². The monoisotopic (exact) mass is 236 g/mol. The molecule has 0 N–H and O–H groups in total. The third-order valence-corrected chi connectivity index (χ3v) is 2.17. The molecule has 0 spiro atoms. The molecule has 0 fully saturated rings. The molecule has 0 aliphatic heterocycles. The van der Waals surface area contributed by atoms with E-state index in [0.29, 0.717) is 5.89 Å². The summed E-state index contributed by atoms with van der Waals surface area (Å²) in [5.41, 5.74) is 0.0458. The van der Waals surface area contributed by atoms with E-state index in [9.17, 15) is 9.18 Å². The van der Waals surface area contributed by atoms with Gasteiger partial charge in [-0.3, -0.25) is 0 Å². The van der Waals surface area contributed by atoms with Gasteiger partial charge < -0.3 is 9.26 Å². The van der Waals surface area contributed by atoms with Crippen molar-refractivity contribution in [1.29, 1.82) is 0 Å². The maximum atomic E-state index is 13.7. The minimum absolute atomic E-state index is 0.0174. The first-order valence-electron chi connectivity index (χ1n) is 4.81. The van der Waals surface area contributed by atoms with Gasteiger partial charge in [0.05, 0.1) is 18.2 Å². The Labute approximate surface area is 96.2 Å². The molecule has 0 radical (unpaired) electrons. The lowest BCUT2D eigenvalue weighted by Crippen LogP contribution is -2.05. The van der Waals surface area contributed by atoms with Gasteiger partial charge in [-0.05, 0) is 12.1 Å². The lowest BCUT2D eigenvalue weighted by molar-refractivity contribution is 0.0601. The Kier molecular flexibility index (Phi) is 2.86. The Morgan fingerprint density at radius 2 is 2.24 bits per heavy atom. The normalized spacial score (nSPS) is 10.3. The van der Waals surface area contributed by atoms with E-state index in [-0.39, 0.29) is 17.0 Å². The van der Waals surface area contributed by atoms with Crippen molar-refractivity contribution in [2.45, 2.75) is 6.92 Å². The Morgan fingerprint density at radius 1 is 1.47 bits per heavy atom. The summed E-state index contributed by atoms with van der Waals surface area (Å²) in [5, 5.41) is 3.59. The van der Waals surface area contributed by atoms with Crippen LogP contribution in [-0.4, -0.2) is 23.2 Å². The van der Waals surface area contributed by atoms with Gasteiger partial charge in [0.1, 0.15) is 5.82 Å². The van der Waals surface area contributed by atoms with E-state index >= 15 is 0 Å². The molecule has 17 heavy (non-hydrogen) atoms. The third kappa shape index (κ3) is 2.01. The first kappa shape index (κ1) is 11.3. The van der Waals surface area contributed by atoms with Gasteiger partial charge >= 0.3 is 5.97 Å². The molecule has 0 bridgehead atoms. The molecule has 5 nitrogen and oxygen atoms in total. The van der Waals surface area contributed by atoms with E-state index in [0.717, 1.165) is 0 Å². The maximum Gasteiger partial charge on any atom is 0.338 e. The number of aromatic nitrogens is 2. The molecule has 6 heteroatoms. The molecule has 2 aromatic rings. The number of ether oxygens (including phenoxy) is 1. The van der Waals surface area contributed by atoms with E-state index in [1.54, 1.807) is 6.92 Å². The van der Waals surface area contributed by atoms with Crippen molar-refractivity contribution < 1.29 is 18.4 Å². The topological polar surface area (TPSA) is 65.2 Å². The van der Waals surface area contributed by atoms with Crippen LogP contribution in [0.3, 0.4) is 0 Å². The van der Waals surface area contributed by atoms with E-state index in [4.69, 9.17) is 4.52 Å². The zero-order valence-corrected chi connectivity index (χ0v) is 9.23. The van der Waals surface area contributed by atoms with Crippen molar-refractivity contribution in [1.82, 2.24) is 10.1 Å². The van der Waals surface area contributed by atoms with Crippen LogP contribution in [0.15, 0.2) is 22.7 Å². The highest BCUT2D eigenvalue weighted by atomic mass is 19.1. The number of rotatable bonds is 2. The molecule has 0 amide bonds. The number of aryl methyl sites for hydroxylation is 1. The van der Waals surface area contributed by atoms with Crippen LogP contribution in [0.1, 0.15) is 16.2 Å². The Bertz CT molecular complexity index is 566. The number of methoxy groups -OCH3 is 1. The minimum Gasteiger partial charge on any atom is -0.465 e. The number of halogens is 1. The van der Waals surface area contributed by atoms with Crippen LogP contribution < -0.4 is 0 Å². The zero-order chi connectivity index (χ0) is 12.4. The summed E-state index contributed by atoms with van der Waals surface area (Å²) in [6.07, 6.45) is 0. The second-order valence-electron chi connectivity index (χ2n) is 3.29. The SMILES string of the molecule is COC(=O)c1cccc(F)c1-c1noc(C)n1. The fourth-order valence-electron chi connectivity index (χ4n) is 1.43. The highest BCUT2D eigenvalue weighted by Gasteiger charge is 2.20. The zero-order valence-electron chi connectivity index (χ0n) is 9.23. The van der Waals surface area contributed by atoms with Gasteiger partial charge in [-0.25, -0.2) is 9.18 Å². The lowest BCUT2D eigenvalue weighted by Gasteiger charge is -2.04. The summed E-state index contributed by atoms with van der Waals surface area (Å²) in [6.45, 7) is 1.58. The number of benzene rings is 1. The number of esters is 1. The summed E-state index contributed by atoms with van der Waals surface area (Å²) in [4.78, 5) is 15.4. The van der Waals surface area contributed by atoms with Crippen molar-refractivity contribution in [2.75, 3.05) is 7.11 Å². The molecule has 2 rings (SSSR count). The van der Waals surface area contributed by atoms with Crippen molar-refractivity contribution in [3.05, 3.63) is 35.5 Å². The highest BCUT2D eigenvalue weighted by molar-refractivity contribution is 5.96. The van der Waals surface area contributed by atoms with E-state index in [1.807, 2.05) is 0 Å². The smallest absolute Gasteiger partial charge is 0.338 e. The Hall–Kier alpha value is -2.24. The quantitative estimate of drug-likeness (QED) is 0.746. The van der Waals surface area contributed by atoms with Gasteiger partial charge in [0.25, 0.3) is 0 Å². The summed E-state index contributed by atoms with van der Waals surface area (Å²) in [7, 11) is 1.22. The largest absolute Gasteiger partial charge is 0.465 e. The van der Waals surface area contributed by atoms with Gasteiger partial charge in [0, 0.05) is 6.92 Å². The molecular weight excluding hydrogens is 227 g/mol. The molecule has 1 aromatic carbocycles. The molecule has 0 aliphatic rings. The number of hydrogen-bond donors (Lipinski definition) is 0. The Balaban J connectivity index is 2.63. The average Bonchev–Trinajstić information content (AvgIpc) is 2.74. The molecule has 0 aliphatic carbocycles. The van der Waals surface area contributed by atoms with Crippen molar-refractivity contribution in [2.24, 2.45) is 0 Å². The number of carbonyl (C=O) groups excluding carboxylic acids is 1. The fourth-order valence-corrected chi connectivity index (χ4v) is 1.43. The molecular formula is C11H9FN2O3. The average molecular weight is 236 g/mol. The van der Waals surface area contributed by atoms with Crippen molar-refractivity contribution in [3.8, 4) is 11.4 Å². The Morgan fingerprint density at radius 3 is 2.82 bits per heavy atom. The molecule has 1 heterocycles. The first-order valence-corrected chi connectivity index (χ1v) is 4.81. The van der Waals surface area contributed by atoms with Crippen LogP contribution in [0.4, 0.5) is 4.39 Å². The predicted octanol–water partition coefficient (Wildman–Crippen LogP) is 1.97. The second kappa shape index (κ2) is 4.32. The summed E-state index contributed by atoms with van der Waals surface area (Å²) in [6, 6.07) is 4.07. The summed E-state index contributed by atoms with van der Waals surface area (Å²) >= 11 is 0. The maximum absolute atomic E-state index is 13.7. The molecule has 0 unspecified atom stereocenters. The van der Waals surface area contributed by atoms with E-state index in [2.05, 4.69) is 14.9 Å². The predicted molar refractivity (Wildman–Crippen MR) is 55.8 cm³/mol. The van der Waals surface area contributed by atoms with Gasteiger partial charge in [0.15, 0.2) is 0 Å². The van der Waals surface area contributed by atoms with Crippen LogP contribution in [-0.2, 0) is 4.74 Å². The number of carbonyl (C=O) groups is 1.